The maximum atomic E-state index is 15.2. The first-order valence-electron chi connectivity index (χ1n) is 17.9. The minimum atomic E-state index is -1.26. The Morgan fingerprint density at radius 1 is 1.02 bits per heavy atom. The molecule has 0 fully saturated rings. The highest BCUT2D eigenvalue weighted by Crippen LogP contribution is 2.31. The number of ether oxygens (including phenoxy) is 1. The molecule has 1 N–H and O–H groups in total. The van der Waals surface area contributed by atoms with E-state index in [9.17, 15) is 18.4 Å². The molecule has 1 aromatic heterocycles. The molecule has 0 radical (unpaired) electrons. The van der Waals surface area contributed by atoms with E-state index < -0.39 is 28.8 Å². The molecule has 53 heavy (non-hydrogen) atoms. The van der Waals surface area contributed by atoms with Crippen LogP contribution in [-0.2, 0) is 6.61 Å². The van der Waals surface area contributed by atoms with Gasteiger partial charge in [-0.15, -0.1) is 0 Å². The largest absolute Gasteiger partial charge is 0.487 e. The van der Waals surface area contributed by atoms with Gasteiger partial charge in [-0.25, -0.2) is 31.9 Å². The average molecular weight is 728 g/mol. The van der Waals surface area contributed by atoms with E-state index in [1.54, 1.807) is 25.1 Å². The summed E-state index contributed by atoms with van der Waals surface area (Å²) in [5.74, 6) is -3.48. The van der Waals surface area contributed by atoms with Gasteiger partial charge in [0.15, 0.2) is 11.6 Å². The molecule has 1 aliphatic rings. The van der Waals surface area contributed by atoms with Crippen LogP contribution >= 0.6 is 0 Å². The second-order valence-electron chi connectivity index (χ2n) is 12.9. The molecule has 0 saturated heterocycles. The van der Waals surface area contributed by atoms with E-state index in [0.29, 0.717) is 17.7 Å². The molecule has 0 amide bonds. The Bertz CT molecular complexity index is 2180. The minimum absolute atomic E-state index is 0.0838. The summed E-state index contributed by atoms with van der Waals surface area (Å²) in [4.78, 5) is 37.8. The van der Waals surface area contributed by atoms with E-state index in [1.165, 1.54) is 18.2 Å². The minimum Gasteiger partial charge on any atom is -0.487 e. The Morgan fingerprint density at radius 2 is 1.75 bits per heavy atom. The standard InChI is InChI=1S/C42H48F3N5O3/c1-9-15-31-22-36(46-28(8)11-3)30(12-4)21-37(31)47-40-48-41(51)49(33(13-5)19-27(7)18-26(6)10-2)42(52)50(40)38-23-34(44)35(45)24-39(38)53-25-29-16-14-17-32(43)20-29/h12-14,16-24,28H,9-11,15,25H2,1-8H3,(H,47,48,51)/b26-18+,27-19-,30-12-,33-13+,46-36?. The lowest BCUT2D eigenvalue weighted by Gasteiger charge is -2.23. The van der Waals surface area contributed by atoms with Crippen LogP contribution < -0.4 is 21.4 Å². The third-order valence-corrected chi connectivity index (χ3v) is 8.75. The number of aliphatic imine (C=N–C) groups is 1. The van der Waals surface area contributed by atoms with Crippen molar-refractivity contribution in [2.24, 2.45) is 4.99 Å². The van der Waals surface area contributed by atoms with E-state index in [-0.39, 0.29) is 35.7 Å². The van der Waals surface area contributed by atoms with Gasteiger partial charge in [-0.1, -0.05) is 63.1 Å². The first-order chi connectivity index (χ1) is 25.3. The molecule has 4 rings (SSSR count). The SMILES string of the molecule is C/C=C1/C=C(Nc2nc(=O)n(C(/C=C(C)\C=C(/C)CC)=C/C)c(=O)n2-c2cc(F)c(F)cc2OCc2cccc(F)c2)C(CCC)=CC1=NC(C)CC. The lowest BCUT2D eigenvalue weighted by atomic mass is 9.94. The van der Waals surface area contributed by atoms with Gasteiger partial charge in [-0.05, 0) is 107 Å². The number of nitrogens with one attached hydrogen (secondary N) is 1. The van der Waals surface area contributed by atoms with Crippen molar-refractivity contribution >= 4 is 17.4 Å². The zero-order valence-corrected chi connectivity index (χ0v) is 31.7. The molecule has 1 heterocycles. The molecule has 2 aromatic carbocycles. The van der Waals surface area contributed by atoms with Crippen molar-refractivity contribution < 1.29 is 17.9 Å². The summed E-state index contributed by atoms with van der Waals surface area (Å²) in [6, 6.07) is 7.33. The van der Waals surface area contributed by atoms with Crippen molar-refractivity contribution in [1.82, 2.24) is 14.1 Å². The topological polar surface area (TPSA) is 90.5 Å². The fourth-order valence-corrected chi connectivity index (χ4v) is 5.66. The van der Waals surface area contributed by atoms with Crippen molar-refractivity contribution in [2.45, 2.75) is 93.7 Å². The van der Waals surface area contributed by atoms with Gasteiger partial charge in [0.05, 0.1) is 17.1 Å². The van der Waals surface area contributed by atoms with Crippen LogP contribution in [0.15, 0.2) is 115 Å². The number of hydrogen-bond donors (Lipinski definition) is 1. The predicted octanol–water partition coefficient (Wildman–Crippen LogP) is 9.78. The molecule has 0 saturated carbocycles. The van der Waals surface area contributed by atoms with Crippen LogP contribution in [0.1, 0.15) is 86.6 Å². The Morgan fingerprint density at radius 3 is 2.40 bits per heavy atom. The molecule has 0 bridgehead atoms. The molecular formula is C42H48F3N5O3. The van der Waals surface area contributed by atoms with Gasteiger partial charge in [-0.2, -0.15) is 4.98 Å². The van der Waals surface area contributed by atoms with Crippen LogP contribution in [0.2, 0.25) is 0 Å². The van der Waals surface area contributed by atoms with E-state index in [2.05, 4.69) is 17.2 Å². The van der Waals surface area contributed by atoms with Crippen molar-refractivity contribution in [3.8, 4) is 11.4 Å². The monoisotopic (exact) mass is 727 g/mol. The Kier molecular flexibility index (Phi) is 14.0. The van der Waals surface area contributed by atoms with E-state index >= 15 is 4.39 Å². The van der Waals surface area contributed by atoms with Crippen LogP contribution in [0.4, 0.5) is 19.1 Å². The second kappa shape index (κ2) is 18.3. The molecule has 0 spiro atoms. The normalized spacial score (nSPS) is 16.2. The molecule has 3 aromatic rings. The van der Waals surface area contributed by atoms with Gasteiger partial charge in [-0.3, -0.25) is 4.99 Å². The van der Waals surface area contributed by atoms with Gasteiger partial charge in [0, 0.05) is 23.9 Å². The van der Waals surface area contributed by atoms with Crippen LogP contribution in [0.25, 0.3) is 11.4 Å². The highest BCUT2D eigenvalue weighted by molar-refractivity contribution is 6.12. The number of anilines is 1. The molecule has 11 heteroatoms. The van der Waals surface area contributed by atoms with E-state index in [1.807, 2.05) is 65.8 Å². The van der Waals surface area contributed by atoms with Crippen molar-refractivity contribution in [2.75, 3.05) is 5.32 Å². The second-order valence-corrected chi connectivity index (χ2v) is 12.9. The molecule has 8 nitrogen and oxygen atoms in total. The van der Waals surface area contributed by atoms with Crippen LogP contribution in [0.5, 0.6) is 5.75 Å². The van der Waals surface area contributed by atoms with E-state index in [0.717, 1.165) is 68.5 Å². The van der Waals surface area contributed by atoms with Gasteiger partial charge in [0.25, 0.3) is 0 Å². The first-order valence-corrected chi connectivity index (χ1v) is 17.9. The summed E-state index contributed by atoms with van der Waals surface area (Å²) < 4.78 is 51.9. The molecule has 280 valence electrons. The van der Waals surface area contributed by atoms with Gasteiger partial charge in [0.1, 0.15) is 18.2 Å². The Labute approximate surface area is 309 Å². The maximum absolute atomic E-state index is 15.2. The summed E-state index contributed by atoms with van der Waals surface area (Å²) in [5, 5.41) is 3.19. The number of allylic oxidation sites excluding steroid dienone is 11. The fourth-order valence-electron chi connectivity index (χ4n) is 5.66. The van der Waals surface area contributed by atoms with Gasteiger partial charge < -0.3 is 10.1 Å². The Hall–Kier alpha value is -5.45. The number of hydrogen-bond acceptors (Lipinski definition) is 6. The fraction of sp³-hybridized carbons (Fsp3) is 0.333. The number of rotatable bonds is 14. The first kappa shape index (κ1) is 40.3. The van der Waals surface area contributed by atoms with Crippen molar-refractivity contribution in [3.63, 3.8) is 0 Å². The summed E-state index contributed by atoms with van der Waals surface area (Å²) in [6.07, 6.45) is 14.0. The van der Waals surface area contributed by atoms with Crippen LogP contribution in [0, 0.1) is 17.5 Å². The smallest absolute Gasteiger partial charge is 0.359 e. The summed E-state index contributed by atoms with van der Waals surface area (Å²) >= 11 is 0. The molecule has 1 unspecified atom stereocenters. The lowest BCUT2D eigenvalue weighted by Crippen LogP contribution is -2.41. The molecule has 0 aliphatic heterocycles. The summed E-state index contributed by atoms with van der Waals surface area (Å²) in [5.41, 5.74) is 3.49. The average Bonchev–Trinajstić information content (AvgIpc) is 3.12. The highest BCUT2D eigenvalue weighted by Gasteiger charge is 2.24. The zero-order valence-electron chi connectivity index (χ0n) is 31.7. The van der Waals surface area contributed by atoms with Crippen LogP contribution in [0.3, 0.4) is 0 Å². The van der Waals surface area contributed by atoms with Gasteiger partial charge in [0.2, 0.25) is 5.95 Å². The van der Waals surface area contributed by atoms with Gasteiger partial charge >= 0.3 is 11.4 Å². The molecular weight excluding hydrogens is 679 g/mol. The van der Waals surface area contributed by atoms with Crippen LogP contribution in [-0.4, -0.2) is 25.9 Å². The maximum Gasteiger partial charge on any atom is 0.359 e. The third kappa shape index (κ3) is 9.91. The predicted molar refractivity (Wildman–Crippen MR) is 208 cm³/mol. The number of benzene rings is 2. The Balaban J connectivity index is 2.01. The highest BCUT2D eigenvalue weighted by atomic mass is 19.2. The number of nitrogens with zero attached hydrogens (tertiary/aromatic N) is 4. The summed E-state index contributed by atoms with van der Waals surface area (Å²) in [7, 11) is 0. The van der Waals surface area contributed by atoms with Crippen molar-refractivity contribution in [3.05, 3.63) is 145 Å². The molecule has 1 atom stereocenters. The van der Waals surface area contributed by atoms with E-state index in [4.69, 9.17) is 9.73 Å². The number of aromatic nitrogens is 3. The summed E-state index contributed by atoms with van der Waals surface area (Å²) in [6.45, 7) is 15.3. The quantitative estimate of drug-likeness (QED) is 0.167. The lowest BCUT2D eigenvalue weighted by molar-refractivity contribution is 0.301. The third-order valence-electron chi connectivity index (χ3n) is 8.75. The molecule has 1 aliphatic carbocycles. The zero-order chi connectivity index (χ0) is 38.8. The number of halogens is 3. The van der Waals surface area contributed by atoms with Crippen molar-refractivity contribution in [1.29, 1.82) is 0 Å².